The van der Waals surface area contributed by atoms with Gasteiger partial charge >= 0.3 is 12.2 Å². The molecule has 0 unspecified atom stereocenters. The highest BCUT2D eigenvalue weighted by molar-refractivity contribution is 5.88. The lowest BCUT2D eigenvalue weighted by molar-refractivity contribution is -0.139. The van der Waals surface area contributed by atoms with Gasteiger partial charge in [-0.3, -0.25) is 9.59 Å². The van der Waals surface area contributed by atoms with E-state index in [2.05, 4.69) is 81.3 Å². The van der Waals surface area contributed by atoms with Gasteiger partial charge in [-0.15, -0.1) is 0 Å². The summed E-state index contributed by atoms with van der Waals surface area (Å²) in [7, 11) is 2.60. The number of likely N-dealkylation sites (tertiary alicyclic amines) is 2. The molecule has 4 N–H and O–H groups in total. The predicted octanol–water partition coefficient (Wildman–Crippen LogP) is 8.40. The third-order valence-electron chi connectivity index (χ3n) is 12.6. The number of rotatable bonds is 11. The van der Waals surface area contributed by atoms with Crippen molar-refractivity contribution in [2.75, 3.05) is 20.8 Å². The first kappa shape index (κ1) is 42.9. The van der Waals surface area contributed by atoms with Gasteiger partial charge in [0.25, 0.3) is 0 Å². The molecule has 0 radical (unpaired) electrons. The predicted molar refractivity (Wildman–Crippen MR) is 234 cm³/mol. The largest absolute Gasteiger partial charge is 0.453 e. The fourth-order valence-corrected chi connectivity index (χ4v) is 9.41. The average molecular weight is 831 g/mol. The van der Waals surface area contributed by atoms with Crippen LogP contribution in [0, 0.1) is 17.8 Å². The molecule has 8 rings (SSSR count). The summed E-state index contributed by atoms with van der Waals surface area (Å²) in [6.45, 7) is 8.27. The van der Waals surface area contributed by atoms with Gasteiger partial charge in [-0.05, 0) is 89.8 Å². The zero-order chi connectivity index (χ0) is 42.2. The van der Waals surface area contributed by atoms with Gasteiger partial charge in [0.05, 0.1) is 49.2 Å². The smallest absolute Gasteiger partial charge is 0.407 e. The van der Waals surface area contributed by atoms with Crippen molar-refractivity contribution in [2.45, 2.75) is 97.4 Å². The monoisotopic (exact) mass is 830 g/mol. The van der Waals surface area contributed by atoms with Crippen LogP contribution in [0.2, 0.25) is 0 Å². The van der Waals surface area contributed by atoms with Crippen LogP contribution in [0.25, 0.3) is 44.5 Å². The molecular formula is C47H58N8O6. The van der Waals surface area contributed by atoms with Crippen molar-refractivity contribution >= 4 is 35.0 Å². The minimum atomic E-state index is -0.686. The Balaban J connectivity index is 0.00000561. The molecule has 322 valence electrons. The van der Waals surface area contributed by atoms with Crippen molar-refractivity contribution in [1.29, 1.82) is 0 Å². The van der Waals surface area contributed by atoms with Gasteiger partial charge in [-0.2, -0.15) is 0 Å². The van der Waals surface area contributed by atoms with E-state index < -0.39 is 24.3 Å². The zero-order valence-corrected chi connectivity index (χ0v) is 35.0. The second kappa shape index (κ2) is 17.8. The summed E-state index contributed by atoms with van der Waals surface area (Å²) in [4.78, 5) is 72.2. The molecule has 14 heteroatoms. The van der Waals surface area contributed by atoms with E-state index in [1.165, 1.54) is 14.2 Å². The summed E-state index contributed by atoms with van der Waals surface area (Å²) in [5, 5.41) is 5.47. The molecule has 2 saturated heterocycles. The van der Waals surface area contributed by atoms with Gasteiger partial charge in [0.15, 0.2) is 0 Å². The van der Waals surface area contributed by atoms with Crippen LogP contribution in [0.4, 0.5) is 9.59 Å². The maximum atomic E-state index is 14.0. The van der Waals surface area contributed by atoms with Gasteiger partial charge < -0.3 is 39.9 Å². The van der Waals surface area contributed by atoms with Gasteiger partial charge in [-0.25, -0.2) is 19.6 Å². The van der Waals surface area contributed by atoms with E-state index in [0.717, 1.165) is 88.3 Å². The van der Waals surface area contributed by atoms with Gasteiger partial charge in [0.2, 0.25) is 11.8 Å². The van der Waals surface area contributed by atoms with Crippen LogP contribution >= 0.6 is 0 Å². The van der Waals surface area contributed by atoms with E-state index in [-0.39, 0.29) is 49.2 Å². The maximum absolute atomic E-state index is 14.0. The fourth-order valence-electron chi connectivity index (χ4n) is 9.41. The Morgan fingerprint density at radius 3 is 1.90 bits per heavy atom. The highest BCUT2D eigenvalue weighted by Gasteiger charge is 2.51. The Bertz CT molecular complexity index is 2370. The minimum absolute atomic E-state index is 0. The van der Waals surface area contributed by atoms with Crippen molar-refractivity contribution in [1.82, 2.24) is 40.4 Å². The molecule has 1 aliphatic carbocycles. The number of hydrogen-bond acceptors (Lipinski definition) is 8. The topological polar surface area (TPSA) is 175 Å². The number of nitrogens with zero attached hydrogens (tertiary/aromatic N) is 4. The van der Waals surface area contributed by atoms with E-state index in [4.69, 9.17) is 19.4 Å². The van der Waals surface area contributed by atoms with Crippen molar-refractivity contribution < 1.29 is 28.7 Å². The quantitative estimate of drug-likeness (QED) is 0.103. The third kappa shape index (κ3) is 8.44. The molecule has 5 aromatic rings. The maximum Gasteiger partial charge on any atom is 0.407 e. The van der Waals surface area contributed by atoms with Crippen molar-refractivity contribution in [3.05, 3.63) is 84.6 Å². The number of piperidine rings is 1. The second-order valence-corrected chi connectivity index (χ2v) is 17.0. The lowest BCUT2D eigenvalue weighted by atomic mass is 9.95. The summed E-state index contributed by atoms with van der Waals surface area (Å²) in [5.41, 5.74) is 7.91. The number of aromatic amines is 2. The third-order valence-corrected chi connectivity index (χ3v) is 12.6. The van der Waals surface area contributed by atoms with Crippen LogP contribution in [0.15, 0.2) is 72.9 Å². The number of nitrogens with one attached hydrogen (secondary N) is 4. The standard InChI is InChI=1S/C46H54N8O6.CH4/c1-25(2)38(51-45(57)59-5)43(55)53-21-7-8-37(53)41-47-24-36(50-41)30-15-13-28(14-16-30)27-9-11-29(12-10-27)31-18-20-34-35(23-31)49-42(48-34)40-32-17-19-33(22-32)54(40)44(56)39(26(3)4)52-46(58)60-6;/h9-16,18,20,23-26,32-33,37-40H,7-8,17,19,21-22H2,1-6H3,(H,47,50)(H,48,49)(H,51,57)(H,52,58);1H4/t32-,33+,37-,38-,39-,40-;/m0./s1. The lowest BCUT2D eigenvalue weighted by Crippen LogP contribution is -2.54. The molecule has 14 nitrogen and oxygen atoms in total. The Morgan fingerprint density at radius 1 is 0.721 bits per heavy atom. The first-order valence-corrected chi connectivity index (χ1v) is 21.0. The van der Waals surface area contributed by atoms with Gasteiger partial charge in [-0.1, -0.05) is 89.7 Å². The minimum Gasteiger partial charge on any atom is -0.453 e. The molecule has 3 fully saturated rings. The number of aromatic nitrogens is 4. The zero-order valence-electron chi connectivity index (χ0n) is 35.0. The Hall–Kier alpha value is -6.18. The molecule has 1 saturated carbocycles. The summed E-state index contributed by atoms with van der Waals surface area (Å²) in [6.07, 6.45) is 5.15. The number of alkyl carbamates (subject to hydrolysis) is 2. The Labute approximate surface area is 357 Å². The summed E-state index contributed by atoms with van der Waals surface area (Å²) >= 11 is 0. The van der Waals surface area contributed by atoms with Gasteiger partial charge in [0, 0.05) is 12.6 Å². The Kier molecular flexibility index (Phi) is 12.5. The van der Waals surface area contributed by atoms with Crippen LogP contribution in [0.3, 0.4) is 0 Å². The number of imidazole rings is 2. The second-order valence-electron chi connectivity index (χ2n) is 17.0. The number of benzene rings is 3. The normalized spacial score (nSPS) is 20.5. The summed E-state index contributed by atoms with van der Waals surface area (Å²) in [5.74, 6) is 1.39. The number of H-pyrrole nitrogens is 2. The molecule has 4 amide bonds. The molecule has 61 heavy (non-hydrogen) atoms. The fraction of sp³-hybridized carbons (Fsp3) is 0.447. The number of methoxy groups -OCH3 is 2. The van der Waals surface area contributed by atoms with E-state index in [0.29, 0.717) is 12.5 Å². The molecule has 2 bridgehead atoms. The number of amides is 4. The molecule has 6 atom stereocenters. The molecular weight excluding hydrogens is 773 g/mol. The Morgan fingerprint density at radius 2 is 1.30 bits per heavy atom. The molecule has 3 aliphatic rings. The first-order valence-electron chi connectivity index (χ1n) is 21.0. The highest BCUT2D eigenvalue weighted by atomic mass is 16.5. The van der Waals surface area contributed by atoms with Gasteiger partial charge in [0.1, 0.15) is 23.7 Å². The number of ether oxygens (including phenoxy) is 2. The average Bonchev–Trinajstić information content (AvgIpc) is 4.12. The summed E-state index contributed by atoms with van der Waals surface area (Å²) < 4.78 is 9.60. The first-order chi connectivity index (χ1) is 28.9. The van der Waals surface area contributed by atoms with Crippen LogP contribution in [0.5, 0.6) is 0 Å². The number of carbonyl (C=O) groups is 4. The van der Waals surface area contributed by atoms with Crippen LogP contribution in [-0.4, -0.2) is 92.6 Å². The lowest BCUT2D eigenvalue weighted by Gasteiger charge is -2.37. The van der Waals surface area contributed by atoms with E-state index in [1.54, 1.807) is 0 Å². The number of hydrogen-bond donors (Lipinski definition) is 4. The molecule has 2 aromatic heterocycles. The van der Waals surface area contributed by atoms with E-state index in [1.807, 2.05) is 49.8 Å². The van der Waals surface area contributed by atoms with Crippen LogP contribution in [-0.2, 0) is 19.1 Å². The number of fused-ring (bicyclic) bond motifs is 3. The van der Waals surface area contributed by atoms with Crippen molar-refractivity contribution in [3.8, 4) is 33.5 Å². The van der Waals surface area contributed by atoms with Crippen molar-refractivity contribution in [3.63, 3.8) is 0 Å². The highest BCUT2D eigenvalue weighted by Crippen LogP contribution is 2.50. The van der Waals surface area contributed by atoms with E-state index >= 15 is 0 Å². The number of carbonyl (C=O) groups excluding carboxylic acids is 4. The van der Waals surface area contributed by atoms with E-state index in [9.17, 15) is 19.2 Å². The molecule has 4 heterocycles. The van der Waals surface area contributed by atoms with Crippen molar-refractivity contribution in [2.24, 2.45) is 17.8 Å². The molecule has 2 aliphatic heterocycles. The van der Waals surface area contributed by atoms with Crippen LogP contribution in [0.1, 0.15) is 91.0 Å². The SMILES string of the molecule is C.COC(=O)N[C@H](C(=O)N1CCC[C@H]1c1ncc(-c2ccc(-c3ccc(-c4ccc5nc([C@@H]6[C@H]7CC[C@H](C7)N6C(=O)[C@@H](NC(=O)OC)C(C)C)[nH]c5c4)cc3)cc2)[nH]1)C(C)C. The molecule has 3 aromatic carbocycles. The summed E-state index contributed by atoms with van der Waals surface area (Å²) in [6, 6.07) is 21.4. The van der Waals surface area contributed by atoms with Crippen LogP contribution < -0.4 is 10.6 Å². The molecule has 0 spiro atoms.